The molecule has 1 aromatic heterocycles. The summed E-state index contributed by atoms with van der Waals surface area (Å²) in [5.41, 5.74) is 2.50. The van der Waals surface area contributed by atoms with Gasteiger partial charge < -0.3 is 9.73 Å². The van der Waals surface area contributed by atoms with Crippen molar-refractivity contribution in [1.29, 1.82) is 0 Å². The summed E-state index contributed by atoms with van der Waals surface area (Å²) in [4.78, 5) is 16.2. The molecule has 0 radical (unpaired) electrons. The van der Waals surface area contributed by atoms with Gasteiger partial charge in [-0.25, -0.2) is 4.98 Å². The molecule has 25 heavy (non-hydrogen) atoms. The predicted octanol–water partition coefficient (Wildman–Crippen LogP) is 5.69. The lowest BCUT2D eigenvalue weighted by Crippen LogP contribution is -2.13. The number of nitrogens with one attached hydrogen (secondary N) is 1. The van der Waals surface area contributed by atoms with Gasteiger partial charge in [0.1, 0.15) is 0 Å². The van der Waals surface area contributed by atoms with E-state index in [1.54, 1.807) is 24.4 Å². The fourth-order valence-corrected chi connectivity index (χ4v) is 2.98. The van der Waals surface area contributed by atoms with Gasteiger partial charge in [-0.15, -0.1) is 0 Å². The Labute approximate surface area is 159 Å². The minimum atomic E-state index is -0.156. The van der Waals surface area contributed by atoms with Crippen LogP contribution in [0.4, 0.5) is 5.69 Å². The minimum absolute atomic E-state index is 0.156. The van der Waals surface area contributed by atoms with Crippen LogP contribution in [0.1, 0.15) is 5.56 Å². The monoisotopic (exact) mass is 392 g/mol. The molecule has 7 heteroatoms. The molecule has 0 aliphatic rings. The molecule has 0 saturated heterocycles. The first-order chi connectivity index (χ1) is 12.0. The van der Waals surface area contributed by atoms with Crippen LogP contribution in [-0.4, -0.2) is 16.6 Å². The third-order valence-electron chi connectivity index (χ3n) is 3.40. The summed E-state index contributed by atoms with van der Waals surface area (Å²) in [5.74, 6) is 0.660. The highest BCUT2D eigenvalue weighted by Gasteiger charge is 2.10. The van der Waals surface area contributed by atoms with Gasteiger partial charge >= 0.3 is 0 Å². The Bertz CT molecular complexity index is 894. The number of anilines is 1. The van der Waals surface area contributed by atoms with E-state index in [-0.39, 0.29) is 11.7 Å². The van der Waals surface area contributed by atoms with Gasteiger partial charge in [0.05, 0.1) is 11.9 Å². The topological polar surface area (TPSA) is 55.1 Å². The van der Waals surface area contributed by atoms with Gasteiger partial charge in [-0.3, -0.25) is 4.79 Å². The van der Waals surface area contributed by atoms with Gasteiger partial charge in [0.2, 0.25) is 5.91 Å². The maximum atomic E-state index is 12.0. The number of hydrogen-bond acceptors (Lipinski definition) is 4. The zero-order chi connectivity index (χ0) is 17.8. The van der Waals surface area contributed by atoms with E-state index in [2.05, 4.69) is 10.3 Å². The zero-order valence-electron chi connectivity index (χ0n) is 13.3. The van der Waals surface area contributed by atoms with Crippen LogP contribution in [0.15, 0.2) is 58.3 Å². The Kier molecular flexibility index (Phi) is 5.68. The summed E-state index contributed by atoms with van der Waals surface area (Å²) in [7, 11) is 0. The number of aryl methyl sites for hydroxylation is 1. The smallest absolute Gasteiger partial charge is 0.256 e. The molecule has 0 fully saturated rings. The van der Waals surface area contributed by atoms with E-state index in [9.17, 15) is 4.79 Å². The average molecular weight is 393 g/mol. The molecule has 3 aromatic rings. The van der Waals surface area contributed by atoms with Crippen molar-refractivity contribution < 1.29 is 9.21 Å². The van der Waals surface area contributed by atoms with Crippen LogP contribution < -0.4 is 5.32 Å². The van der Waals surface area contributed by atoms with E-state index in [1.165, 1.54) is 11.8 Å². The Balaban J connectivity index is 1.57. The maximum Gasteiger partial charge on any atom is 0.256 e. The molecule has 0 spiro atoms. The normalized spacial score (nSPS) is 10.7. The Morgan fingerprint density at radius 1 is 1.20 bits per heavy atom. The van der Waals surface area contributed by atoms with E-state index < -0.39 is 0 Å². The van der Waals surface area contributed by atoms with Gasteiger partial charge in [-0.1, -0.05) is 41.0 Å². The fraction of sp³-hybridized carbons (Fsp3) is 0.111. The number of carbonyl (C=O) groups is 1. The van der Waals surface area contributed by atoms with Crippen molar-refractivity contribution in [2.75, 3.05) is 11.1 Å². The molecular formula is C18H14Cl2N2O2S. The van der Waals surface area contributed by atoms with E-state index >= 15 is 0 Å². The summed E-state index contributed by atoms with van der Waals surface area (Å²) >= 11 is 13.1. The second-order valence-electron chi connectivity index (χ2n) is 5.30. The number of amides is 1. The first-order valence-electron chi connectivity index (χ1n) is 7.42. The molecule has 3 rings (SSSR count). The van der Waals surface area contributed by atoms with Crippen LogP contribution in [0.5, 0.6) is 0 Å². The van der Waals surface area contributed by atoms with Crippen LogP contribution in [-0.2, 0) is 4.79 Å². The number of rotatable bonds is 5. The molecule has 1 N–H and O–H groups in total. The highest BCUT2D eigenvalue weighted by Crippen LogP contribution is 2.26. The first-order valence-corrected chi connectivity index (χ1v) is 9.16. The number of hydrogen-bond donors (Lipinski definition) is 1. The van der Waals surface area contributed by atoms with Crippen LogP contribution in [0.25, 0.3) is 11.3 Å². The number of carbonyl (C=O) groups excluding carboxylic acids is 1. The van der Waals surface area contributed by atoms with Crippen LogP contribution in [0.2, 0.25) is 10.0 Å². The van der Waals surface area contributed by atoms with Gasteiger partial charge in [0.15, 0.2) is 5.76 Å². The van der Waals surface area contributed by atoms with Gasteiger partial charge in [0.25, 0.3) is 5.22 Å². The lowest BCUT2D eigenvalue weighted by Gasteiger charge is -2.06. The molecule has 1 heterocycles. The van der Waals surface area contributed by atoms with Crippen molar-refractivity contribution >= 4 is 46.6 Å². The molecule has 4 nitrogen and oxygen atoms in total. The quantitative estimate of drug-likeness (QED) is 0.566. The molecule has 0 aliphatic heterocycles. The Morgan fingerprint density at radius 2 is 1.96 bits per heavy atom. The summed E-state index contributed by atoms with van der Waals surface area (Å²) in [5, 5.41) is 4.50. The van der Waals surface area contributed by atoms with E-state index in [0.29, 0.717) is 26.7 Å². The maximum absolute atomic E-state index is 12.0. The molecule has 2 aromatic carbocycles. The zero-order valence-corrected chi connectivity index (χ0v) is 15.6. The third kappa shape index (κ3) is 4.78. The van der Waals surface area contributed by atoms with Crippen LogP contribution >= 0.6 is 35.0 Å². The van der Waals surface area contributed by atoms with Crippen molar-refractivity contribution in [3.05, 3.63) is 64.3 Å². The fourth-order valence-electron chi connectivity index (χ4n) is 2.07. The first kappa shape index (κ1) is 17.9. The second kappa shape index (κ2) is 7.95. The van der Waals surface area contributed by atoms with Crippen molar-refractivity contribution in [2.24, 2.45) is 0 Å². The van der Waals surface area contributed by atoms with Gasteiger partial charge in [-0.05, 0) is 48.9 Å². The third-order valence-corrected chi connectivity index (χ3v) is 4.90. The number of halogens is 2. The van der Waals surface area contributed by atoms with Crippen molar-refractivity contribution in [3.63, 3.8) is 0 Å². The van der Waals surface area contributed by atoms with E-state index in [1.807, 2.05) is 31.2 Å². The summed E-state index contributed by atoms with van der Waals surface area (Å²) in [6.45, 7) is 1.91. The highest BCUT2D eigenvalue weighted by atomic mass is 35.5. The van der Waals surface area contributed by atoms with Crippen LogP contribution in [0.3, 0.4) is 0 Å². The standard InChI is InChI=1S/C18H14Cl2N2O2S/c1-11-2-7-14(8-15(11)20)22-17(23)10-25-18-21-9-16(24-18)12-3-5-13(19)6-4-12/h2-9H,10H2,1H3,(H,22,23). The Hall–Kier alpha value is -1.95. The second-order valence-corrected chi connectivity index (χ2v) is 7.07. The molecular weight excluding hydrogens is 379 g/mol. The number of nitrogens with zero attached hydrogens (tertiary/aromatic N) is 1. The van der Waals surface area contributed by atoms with Crippen molar-refractivity contribution in [2.45, 2.75) is 12.1 Å². The number of oxazole rings is 1. The molecule has 0 atom stereocenters. The molecule has 128 valence electrons. The van der Waals surface area contributed by atoms with E-state index in [4.69, 9.17) is 27.6 Å². The largest absolute Gasteiger partial charge is 0.431 e. The number of thioether (sulfide) groups is 1. The van der Waals surface area contributed by atoms with Gasteiger partial charge in [-0.2, -0.15) is 0 Å². The lowest BCUT2D eigenvalue weighted by atomic mass is 10.2. The van der Waals surface area contributed by atoms with Crippen LogP contribution in [0, 0.1) is 6.92 Å². The summed E-state index contributed by atoms with van der Waals surface area (Å²) < 4.78 is 5.65. The molecule has 1 amide bonds. The van der Waals surface area contributed by atoms with Crippen molar-refractivity contribution in [3.8, 4) is 11.3 Å². The number of benzene rings is 2. The molecule has 0 unspecified atom stereocenters. The van der Waals surface area contributed by atoms with Gasteiger partial charge in [0, 0.05) is 21.3 Å². The SMILES string of the molecule is Cc1ccc(NC(=O)CSc2ncc(-c3ccc(Cl)cc3)o2)cc1Cl. The highest BCUT2D eigenvalue weighted by molar-refractivity contribution is 7.99. The predicted molar refractivity (Wildman–Crippen MR) is 102 cm³/mol. The number of aromatic nitrogens is 1. The Morgan fingerprint density at radius 3 is 2.68 bits per heavy atom. The summed E-state index contributed by atoms with van der Waals surface area (Å²) in [6, 6.07) is 12.7. The lowest BCUT2D eigenvalue weighted by molar-refractivity contribution is -0.113. The molecule has 0 aliphatic carbocycles. The minimum Gasteiger partial charge on any atom is -0.431 e. The molecule has 0 saturated carbocycles. The summed E-state index contributed by atoms with van der Waals surface area (Å²) in [6.07, 6.45) is 1.63. The van der Waals surface area contributed by atoms with Crippen molar-refractivity contribution in [1.82, 2.24) is 4.98 Å². The molecule has 0 bridgehead atoms. The average Bonchev–Trinajstić information content (AvgIpc) is 3.06. The van der Waals surface area contributed by atoms with E-state index in [0.717, 1.165) is 11.1 Å².